The third-order valence-corrected chi connectivity index (χ3v) is 7.67. The van der Waals surface area contributed by atoms with E-state index in [1.54, 1.807) is 16.8 Å². The predicted octanol–water partition coefficient (Wildman–Crippen LogP) is 2.82. The molecule has 0 aromatic carbocycles. The molecular formula is C28H27N9O4. The lowest BCUT2D eigenvalue weighted by Crippen LogP contribution is -2.31. The minimum absolute atomic E-state index is 0.00275. The maximum atomic E-state index is 12.8. The van der Waals surface area contributed by atoms with Gasteiger partial charge in [-0.1, -0.05) is 0 Å². The van der Waals surface area contributed by atoms with Crippen molar-refractivity contribution in [3.05, 3.63) is 65.5 Å². The van der Waals surface area contributed by atoms with Crippen LogP contribution in [0.4, 0.5) is 16.4 Å². The Morgan fingerprint density at radius 1 is 1.17 bits per heavy atom. The highest BCUT2D eigenvalue weighted by Gasteiger charge is 2.46. The molecule has 2 unspecified atom stereocenters. The maximum Gasteiger partial charge on any atom is 0.332 e. The smallest absolute Gasteiger partial charge is 0.332 e. The minimum Gasteiger partial charge on any atom is -0.485 e. The maximum absolute atomic E-state index is 12.8. The molecule has 7 rings (SSSR count). The molecule has 208 valence electrons. The molecule has 5 heterocycles. The van der Waals surface area contributed by atoms with Gasteiger partial charge in [0.25, 0.3) is 5.91 Å². The van der Waals surface area contributed by atoms with Crippen LogP contribution in [0.1, 0.15) is 53.9 Å². The predicted molar refractivity (Wildman–Crippen MR) is 145 cm³/mol. The number of urea groups is 1. The number of fused-ring (bicyclic) bond motifs is 1. The van der Waals surface area contributed by atoms with Gasteiger partial charge >= 0.3 is 6.03 Å². The van der Waals surface area contributed by atoms with Gasteiger partial charge in [-0.3, -0.25) is 19.4 Å². The molecule has 4 aromatic rings. The van der Waals surface area contributed by atoms with E-state index in [1.165, 1.54) is 18.1 Å². The summed E-state index contributed by atoms with van der Waals surface area (Å²) < 4.78 is 7.62. The molecular weight excluding hydrogens is 526 g/mol. The van der Waals surface area contributed by atoms with Crippen LogP contribution < -0.4 is 15.0 Å². The van der Waals surface area contributed by atoms with Gasteiger partial charge in [-0.05, 0) is 61.9 Å². The molecule has 3 fully saturated rings. The highest BCUT2D eigenvalue weighted by Crippen LogP contribution is 2.46. The van der Waals surface area contributed by atoms with Gasteiger partial charge in [-0.25, -0.2) is 19.3 Å². The average Bonchev–Trinajstić information content (AvgIpc) is 3.89. The van der Waals surface area contributed by atoms with E-state index in [1.807, 2.05) is 25.1 Å². The molecule has 13 nitrogen and oxygen atoms in total. The highest BCUT2D eigenvalue weighted by atomic mass is 16.5. The molecule has 4 aromatic heterocycles. The van der Waals surface area contributed by atoms with Crippen molar-refractivity contribution in [2.45, 2.75) is 44.6 Å². The molecule has 0 bridgehead atoms. The molecule has 1 saturated heterocycles. The Kier molecular flexibility index (Phi) is 5.87. The van der Waals surface area contributed by atoms with E-state index in [2.05, 4.69) is 36.6 Å². The molecule has 2 atom stereocenters. The quantitative estimate of drug-likeness (QED) is 0.325. The monoisotopic (exact) mass is 553 g/mol. The Morgan fingerprint density at radius 3 is 2.78 bits per heavy atom. The first kappa shape index (κ1) is 25.1. The van der Waals surface area contributed by atoms with Gasteiger partial charge in [-0.15, -0.1) is 5.10 Å². The van der Waals surface area contributed by atoms with Gasteiger partial charge in [0, 0.05) is 36.8 Å². The Labute approximate surface area is 234 Å². The second kappa shape index (κ2) is 9.61. The number of ether oxygens (including phenoxy) is 1. The van der Waals surface area contributed by atoms with Crippen LogP contribution in [-0.4, -0.2) is 66.1 Å². The number of imide groups is 1. The van der Waals surface area contributed by atoms with Crippen LogP contribution in [-0.2, 0) is 16.2 Å². The fourth-order valence-corrected chi connectivity index (χ4v) is 5.13. The second-order valence-electron chi connectivity index (χ2n) is 10.8. The van der Waals surface area contributed by atoms with E-state index < -0.39 is 0 Å². The fraction of sp³-hybridized carbons (Fsp3) is 0.357. The normalized spacial score (nSPS) is 20.1. The summed E-state index contributed by atoms with van der Waals surface area (Å²) in [6.45, 7) is 2.00. The van der Waals surface area contributed by atoms with Crippen molar-refractivity contribution in [2.75, 3.05) is 23.8 Å². The molecule has 1 aliphatic heterocycles. The molecule has 4 amide bonds. The zero-order valence-electron chi connectivity index (χ0n) is 22.5. The molecule has 2 saturated carbocycles. The second-order valence-corrected chi connectivity index (χ2v) is 10.8. The molecule has 13 heteroatoms. The third-order valence-electron chi connectivity index (χ3n) is 7.67. The van der Waals surface area contributed by atoms with Gasteiger partial charge in [0.05, 0.1) is 11.7 Å². The number of pyridine rings is 1. The van der Waals surface area contributed by atoms with Gasteiger partial charge in [0.15, 0.2) is 5.82 Å². The lowest BCUT2D eigenvalue weighted by atomic mass is 10.1. The van der Waals surface area contributed by atoms with E-state index in [9.17, 15) is 14.4 Å². The Hall–Kier alpha value is -4.94. The van der Waals surface area contributed by atoms with E-state index in [0.717, 1.165) is 34.5 Å². The minimum atomic E-state index is -0.376. The number of rotatable bonds is 8. The van der Waals surface area contributed by atoms with Crippen molar-refractivity contribution < 1.29 is 19.1 Å². The number of anilines is 2. The van der Waals surface area contributed by atoms with Gasteiger partial charge in [0.1, 0.15) is 36.2 Å². The summed E-state index contributed by atoms with van der Waals surface area (Å²) in [5.74, 6) is 1.76. The fourth-order valence-electron chi connectivity index (χ4n) is 5.13. The summed E-state index contributed by atoms with van der Waals surface area (Å²) in [6.07, 6.45) is 6.05. The van der Waals surface area contributed by atoms with Crippen LogP contribution in [0.15, 0.2) is 42.7 Å². The van der Waals surface area contributed by atoms with Crippen molar-refractivity contribution in [3.63, 3.8) is 0 Å². The first-order valence-electron chi connectivity index (χ1n) is 13.5. The van der Waals surface area contributed by atoms with Crippen LogP contribution in [0.5, 0.6) is 5.75 Å². The number of hydrogen-bond donors (Lipinski definition) is 1. The van der Waals surface area contributed by atoms with Crippen molar-refractivity contribution in [1.82, 2.24) is 34.7 Å². The standard InChI is InChI=1S/C28H27N9O4/c1-15-5-6-29-26(31-15)21-11-22(21)27(39)32-23-10-20(12-30-33-23)41-14-18-9-19-7-17(16-3-4-16)8-24(37(19)34-18)36-13-25(38)35(2)28(36)40/h5-10,12,16,21-22H,3-4,11,13-14H2,1-2H3,(H,32,33,39). The average molecular weight is 554 g/mol. The van der Waals surface area contributed by atoms with E-state index in [4.69, 9.17) is 4.74 Å². The van der Waals surface area contributed by atoms with E-state index in [-0.39, 0.29) is 48.7 Å². The number of nitrogens with one attached hydrogen (secondary N) is 1. The van der Waals surface area contributed by atoms with Crippen LogP contribution in [0, 0.1) is 12.8 Å². The summed E-state index contributed by atoms with van der Waals surface area (Å²) >= 11 is 0. The Bertz CT molecular complexity index is 1720. The van der Waals surface area contributed by atoms with Crippen LogP contribution in [0.25, 0.3) is 5.52 Å². The number of hydrogen-bond acceptors (Lipinski definition) is 9. The van der Waals surface area contributed by atoms with Crippen LogP contribution >= 0.6 is 0 Å². The number of aryl methyl sites for hydroxylation is 1. The highest BCUT2D eigenvalue weighted by molar-refractivity contribution is 6.11. The summed E-state index contributed by atoms with van der Waals surface area (Å²) in [5.41, 5.74) is 3.44. The number of carbonyl (C=O) groups excluding carboxylic acids is 3. The zero-order chi connectivity index (χ0) is 28.2. The molecule has 41 heavy (non-hydrogen) atoms. The topological polar surface area (TPSA) is 148 Å². The molecule has 0 spiro atoms. The first-order valence-corrected chi connectivity index (χ1v) is 13.5. The van der Waals surface area contributed by atoms with Crippen molar-refractivity contribution in [3.8, 4) is 5.75 Å². The van der Waals surface area contributed by atoms with Crippen LogP contribution in [0.2, 0.25) is 0 Å². The SMILES string of the molecule is Cc1ccnc(C2CC2C(=O)Nc2cc(OCc3cc4cc(C5CC5)cc(N5CC(=O)N(C)C5=O)n4n3)cnn2)n1. The van der Waals surface area contributed by atoms with Crippen molar-refractivity contribution in [2.24, 2.45) is 5.92 Å². The first-order chi connectivity index (χ1) is 19.8. The Balaban J connectivity index is 1.05. The number of nitrogens with zero attached hydrogens (tertiary/aromatic N) is 8. The largest absolute Gasteiger partial charge is 0.485 e. The van der Waals surface area contributed by atoms with E-state index >= 15 is 0 Å². The van der Waals surface area contributed by atoms with Crippen molar-refractivity contribution >= 4 is 35.0 Å². The third kappa shape index (κ3) is 4.83. The van der Waals surface area contributed by atoms with Gasteiger partial charge in [-0.2, -0.15) is 10.2 Å². The number of carbonyl (C=O) groups is 3. The molecule has 0 radical (unpaired) electrons. The molecule has 1 N–H and O–H groups in total. The lowest BCUT2D eigenvalue weighted by molar-refractivity contribution is -0.124. The number of amides is 4. The Morgan fingerprint density at radius 2 is 2.02 bits per heavy atom. The van der Waals surface area contributed by atoms with Gasteiger partial charge < -0.3 is 10.1 Å². The molecule has 3 aliphatic rings. The van der Waals surface area contributed by atoms with Gasteiger partial charge in [0.2, 0.25) is 5.91 Å². The van der Waals surface area contributed by atoms with E-state index in [0.29, 0.717) is 35.4 Å². The number of likely N-dealkylation sites (N-methyl/N-ethyl adjacent to an activating group) is 1. The van der Waals surface area contributed by atoms with Crippen LogP contribution in [0.3, 0.4) is 0 Å². The number of aromatic nitrogens is 6. The van der Waals surface area contributed by atoms with Crippen molar-refractivity contribution in [1.29, 1.82) is 0 Å². The zero-order valence-corrected chi connectivity index (χ0v) is 22.5. The summed E-state index contributed by atoms with van der Waals surface area (Å²) in [6, 6.07) is 8.98. The lowest BCUT2D eigenvalue weighted by Gasteiger charge is -2.17. The summed E-state index contributed by atoms with van der Waals surface area (Å²) in [5, 5.41) is 15.5. The molecule has 2 aliphatic carbocycles. The summed E-state index contributed by atoms with van der Waals surface area (Å²) in [4.78, 5) is 49.0. The summed E-state index contributed by atoms with van der Waals surface area (Å²) in [7, 11) is 1.48.